The summed E-state index contributed by atoms with van der Waals surface area (Å²) in [7, 11) is 3.26. The van der Waals surface area contributed by atoms with Gasteiger partial charge in [0.1, 0.15) is 5.75 Å². The summed E-state index contributed by atoms with van der Waals surface area (Å²) >= 11 is 0. The monoisotopic (exact) mass is 346 g/mol. The Morgan fingerprint density at radius 2 is 2.00 bits per heavy atom. The Balaban J connectivity index is 1.57. The SMILES string of the molecule is COCCN1CCN(Cc2noc(-c3ccc(OC)cc3)n2)CC1=O. The fraction of sp³-hybridized carbons (Fsp3) is 0.471. The quantitative estimate of drug-likeness (QED) is 0.741. The molecule has 0 N–H and O–H groups in total. The Bertz CT molecular complexity index is 701. The van der Waals surface area contributed by atoms with Gasteiger partial charge in [-0.1, -0.05) is 5.16 Å². The zero-order valence-corrected chi connectivity index (χ0v) is 14.5. The van der Waals surface area contributed by atoms with E-state index in [1.54, 1.807) is 14.2 Å². The first-order valence-corrected chi connectivity index (χ1v) is 8.15. The van der Waals surface area contributed by atoms with Gasteiger partial charge in [-0.05, 0) is 24.3 Å². The van der Waals surface area contributed by atoms with Gasteiger partial charge in [-0.25, -0.2) is 0 Å². The Hall–Kier alpha value is -2.45. The van der Waals surface area contributed by atoms with Gasteiger partial charge in [0.15, 0.2) is 5.82 Å². The van der Waals surface area contributed by atoms with Gasteiger partial charge in [-0.15, -0.1) is 0 Å². The van der Waals surface area contributed by atoms with Crippen molar-refractivity contribution in [3.63, 3.8) is 0 Å². The molecule has 8 nitrogen and oxygen atoms in total. The number of nitrogens with zero attached hydrogens (tertiary/aromatic N) is 4. The van der Waals surface area contributed by atoms with Crippen LogP contribution in [0.2, 0.25) is 0 Å². The highest BCUT2D eigenvalue weighted by atomic mass is 16.5. The van der Waals surface area contributed by atoms with Crippen LogP contribution in [0.15, 0.2) is 28.8 Å². The average molecular weight is 346 g/mol. The number of benzene rings is 1. The third-order valence-corrected chi connectivity index (χ3v) is 4.13. The lowest BCUT2D eigenvalue weighted by molar-refractivity contribution is -0.136. The Labute approximate surface area is 146 Å². The van der Waals surface area contributed by atoms with Gasteiger partial charge >= 0.3 is 0 Å². The predicted octanol–water partition coefficient (Wildman–Crippen LogP) is 1.04. The molecule has 0 bridgehead atoms. The standard InChI is InChI=1S/C17H22N4O4/c1-23-10-9-21-8-7-20(12-16(21)22)11-15-18-17(25-19-15)13-3-5-14(24-2)6-4-13/h3-6H,7-12H2,1-2H3. The molecule has 134 valence electrons. The van der Waals surface area contributed by atoms with E-state index in [2.05, 4.69) is 10.1 Å². The topological polar surface area (TPSA) is 80.9 Å². The molecule has 1 saturated heterocycles. The van der Waals surface area contributed by atoms with Crippen LogP contribution in [0.5, 0.6) is 5.75 Å². The fourth-order valence-electron chi connectivity index (χ4n) is 2.70. The number of methoxy groups -OCH3 is 2. The molecule has 1 aromatic carbocycles. The Kier molecular flexibility index (Phi) is 5.62. The smallest absolute Gasteiger partial charge is 0.257 e. The number of amides is 1. The van der Waals surface area contributed by atoms with Gasteiger partial charge in [0.25, 0.3) is 5.89 Å². The highest BCUT2D eigenvalue weighted by molar-refractivity contribution is 5.79. The molecule has 0 aliphatic carbocycles. The summed E-state index contributed by atoms with van der Waals surface area (Å²) in [4.78, 5) is 20.4. The molecule has 0 unspecified atom stereocenters. The van der Waals surface area contributed by atoms with E-state index >= 15 is 0 Å². The van der Waals surface area contributed by atoms with E-state index < -0.39 is 0 Å². The fourth-order valence-corrected chi connectivity index (χ4v) is 2.70. The molecule has 0 spiro atoms. The summed E-state index contributed by atoms with van der Waals surface area (Å²) in [6.07, 6.45) is 0. The van der Waals surface area contributed by atoms with Gasteiger partial charge in [0.2, 0.25) is 5.91 Å². The normalized spacial score (nSPS) is 15.6. The van der Waals surface area contributed by atoms with Crippen molar-refractivity contribution in [3.8, 4) is 17.2 Å². The Morgan fingerprint density at radius 1 is 1.20 bits per heavy atom. The van der Waals surface area contributed by atoms with Gasteiger partial charge in [0, 0.05) is 32.3 Å². The summed E-state index contributed by atoms with van der Waals surface area (Å²) in [5, 5.41) is 4.02. The van der Waals surface area contributed by atoms with Crippen molar-refractivity contribution in [3.05, 3.63) is 30.1 Å². The molecular formula is C17H22N4O4. The molecule has 1 aliphatic heterocycles. The minimum Gasteiger partial charge on any atom is -0.497 e. The minimum absolute atomic E-state index is 0.0992. The number of aromatic nitrogens is 2. The Morgan fingerprint density at radius 3 is 2.68 bits per heavy atom. The number of piperazine rings is 1. The first-order valence-electron chi connectivity index (χ1n) is 8.15. The second kappa shape index (κ2) is 8.09. The van der Waals surface area contributed by atoms with Crippen molar-refractivity contribution < 1.29 is 18.8 Å². The lowest BCUT2D eigenvalue weighted by atomic mass is 10.2. The summed E-state index contributed by atoms with van der Waals surface area (Å²) < 4.78 is 15.5. The minimum atomic E-state index is 0.0992. The maximum atomic E-state index is 12.1. The molecule has 2 heterocycles. The lowest BCUT2D eigenvalue weighted by Gasteiger charge is -2.33. The molecule has 1 aromatic heterocycles. The van der Waals surface area contributed by atoms with Gasteiger partial charge in [-0.3, -0.25) is 9.69 Å². The average Bonchev–Trinajstić information content (AvgIpc) is 3.09. The predicted molar refractivity (Wildman–Crippen MR) is 90.0 cm³/mol. The second-order valence-corrected chi connectivity index (χ2v) is 5.83. The van der Waals surface area contributed by atoms with E-state index in [1.807, 2.05) is 34.1 Å². The number of rotatable bonds is 7. The van der Waals surface area contributed by atoms with Crippen LogP contribution in [-0.2, 0) is 16.1 Å². The summed E-state index contributed by atoms with van der Waals surface area (Å²) in [5.41, 5.74) is 0.833. The van der Waals surface area contributed by atoms with Crippen LogP contribution in [0.1, 0.15) is 5.82 Å². The third kappa shape index (κ3) is 4.34. The zero-order chi connectivity index (χ0) is 17.6. The molecule has 1 amide bonds. The van der Waals surface area contributed by atoms with Crippen LogP contribution in [-0.4, -0.2) is 72.9 Å². The first kappa shape index (κ1) is 17.4. The van der Waals surface area contributed by atoms with Crippen LogP contribution in [0.25, 0.3) is 11.5 Å². The molecular weight excluding hydrogens is 324 g/mol. The summed E-state index contributed by atoms with van der Waals surface area (Å²) in [6.45, 7) is 3.50. The van der Waals surface area contributed by atoms with Crippen molar-refractivity contribution in [1.29, 1.82) is 0 Å². The third-order valence-electron chi connectivity index (χ3n) is 4.13. The van der Waals surface area contributed by atoms with Crippen LogP contribution in [0.4, 0.5) is 0 Å². The second-order valence-electron chi connectivity index (χ2n) is 5.83. The largest absolute Gasteiger partial charge is 0.497 e. The zero-order valence-electron chi connectivity index (χ0n) is 14.5. The van der Waals surface area contributed by atoms with Crippen molar-refractivity contribution >= 4 is 5.91 Å². The van der Waals surface area contributed by atoms with Crippen LogP contribution in [0, 0.1) is 0 Å². The van der Waals surface area contributed by atoms with E-state index in [-0.39, 0.29) is 5.91 Å². The molecule has 1 fully saturated rings. The molecule has 2 aromatic rings. The van der Waals surface area contributed by atoms with E-state index in [4.69, 9.17) is 14.0 Å². The number of hydrogen-bond acceptors (Lipinski definition) is 7. The molecule has 8 heteroatoms. The van der Waals surface area contributed by atoms with Crippen molar-refractivity contribution in [2.45, 2.75) is 6.54 Å². The molecule has 25 heavy (non-hydrogen) atoms. The number of carbonyl (C=O) groups excluding carboxylic acids is 1. The van der Waals surface area contributed by atoms with Crippen LogP contribution < -0.4 is 4.74 Å². The highest BCUT2D eigenvalue weighted by Gasteiger charge is 2.24. The molecule has 0 saturated carbocycles. The maximum absolute atomic E-state index is 12.1. The van der Waals surface area contributed by atoms with E-state index in [1.165, 1.54) is 0 Å². The number of hydrogen-bond donors (Lipinski definition) is 0. The maximum Gasteiger partial charge on any atom is 0.257 e. The summed E-state index contributed by atoms with van der Waals surface area (Å²) in [5.74, 6) is 1.90. The highest BCUT2D eigenvalue weighted by Crippen LogP contribution is 2.21. The lowest BCUT2D eigenvalue weighted by Crippen LogP contribution is -2.50. The van der Waals surface area contributed by atoms with Crippen molar-refractivity contribution in [2.24, 2.45) is 0 Å². The summed E-state index contributed by atoms with van der Waals surface area (Å²) in [6, 6.07) is 7.43. The van der Waals surface area contributed by atoms with Gasteiger partial charge in [0.05, 0.1) is 26.8 Å². The van der Waals surface area contributed by atoms with E-state index in [0.29, 0.717) is 44.5 Å². The van der Waals surface area contributed by atoms with Crippen LogP contribution in [0.3, 0.4) is 0 Å². The van der Waals surface area contributed by atoms with Crippen molar-refractivity contribution in [2.75, 3.05) is 47.0 Å². The van der Waals surface area contributed by atoms with Crippen LogP contribution >= 0.6 is 0 Å². The molecule has 0 radical (unpaired) electrons. The molecule has 1 aliphatic rings. The molecule has 3 rings (SSSR count). The van der Waals surface area contributed by atoms with E-state index in [9.17, 15) is 4.79 Å². The number of ether oxygens (including phenoxy) is 2. The molecule has 0 atom stereocenters. The number of carbonyl (C=O) groups is 1. The first-order chi connectivity index (χ1) is 12.2. The van der Waals surface area contributed by atoms with Crippen molar-refractivity contribution in [1.82, 2.24) is 19.9 Å². The van der Waals surface area contributed by atoms with Gasteiger partial charge < -0.3 is 18.9 Å². The van der Waals surface area contributed by atoms with E-state index in [0.717, 1.165) is 17.9 Å². The van der Waals surface area contributed by atoms with Gasteiger partial charge in [-0.2, -0.15) is 4.98 Å².